The lowest BCUT2D eigenvalue weighted by atomic mass is 10.1. The molecule has 2 unspecified atom stereocenters. The first-order valence-electron chi connectivity index (χ1n) is 25.9. The Kier molecular flexibility index (Phi) is 46.6. The van der Waals surface area contributed by atoms with Gasteiger partial charge in [0.2, 0.25) is 0 Å². The molecule has 9 heteroatoms. The average Bonchev–Trinajstić information content (AvgIpc) is 3.29. The van der Waals surface area contributed by atoms with Crippen molar-refractivity contribution in [3.8, 4) is 0 Å². The van der Waals surface area contributed by atoms with Crippen LogP contribution in [-0.2, 0) is 27.9 Å². The Morgan fingerprint density at radius 2 is 0.821 bits per heavy atom. The first kappa shape index (κ1) is 63.6. The summed E-state index contributed by atoms with van der Waals surface area (Å²) in [5.74, 6) is -0.385. The predicted molar refractivity (Wildman–Crippen MR) is 286 cm³/mol. The molecule has 0 aliphatic heterocycles. The molecule has 0 saturated carbocycles. The second kappa shape index (κ2) is 49.1. The summed E-state index contributed by atoms with van der Waals surface area (Å²) >= 11 is 0. The Bertz CT molecular complexity index is 1520. The van der Waals surface area contributed by atoms with E-state index in [2.05, 4.69) is 148 Å². The third kappa shape index (κ3) is 53.5. The minimum absolute atomic E-state index is 0.00704. The van der Waals surface area contributed by atoms with E-state index in [1.165, 1.54) is 32.1 Å². The van der Waals surface area contributed by atoms with E-state index in [9.17, 15) is 14.3 Å². The van der Waals surface area contributed by atoms with Crippen LogP contribution in [0.3, 0.4) is 0 Å². The van der Waals surface area contributed by atoms with Gasteiger partial charge in [-0.3, -0.25) is 9.36 Å². The molecule has 0 N–H and O–H groups in total. The molecule has 0 heterocycles. The van der Waals surface area contributed by atoms with Gasteiger partial charge in [0.25, 0.3) is 7.82 Å². The lowest BCUT2D eigenvalue weighted by Crippen LogP contribution is -2.37. The summed E-state index contributed by atoms with van der Waals surface area (Å²) in [6.07, 6.45) is 72.0. The molecule has 0 aromatic rings. The van der Waals surface area contributed by atoms with Crippen LogP contribution in [0.4, 0.5) is 0 Å². The van der Waals surface area contributed by atoms with Crippen LogP contribution in [0.5, 0.6) is 0 Å². The van der Waals surface area contributed by atoms with Crippen LogP contribution in [0.2, 0.25) is 0 Å². The Morgan fingerprint density at radius 1 is 0.463 bits per heavy atom. The van der Waals surface area contributed by atoms with Crippen molar-refractivity contribution < 1.29 is 37.3 Å². The minimum atomic E-state index is -4.56. The largest absolute Gasteiger partial charge is 0.756 e. The molecule has 8 nitrogen and oxygen atoms in total. The second-order valence-electron chi connectivity index (χ2n) is 17.8. The van der Waals surface area contributed by atoms with E-state index in [1.807, 2.05) is 21.1 Å². The fourth-order valence-electron chi connectivity index (χ4n) is 6.28. The summed E-state index contributed by atoms with van der Waals surface area (Å²) in [5.41, 5.74) is 0. The highest BCUT2D eigenvalue weighted by atomic mass is 31.2. The van der Waals surface area contributed by atoms with Gasteiger partial charge in [0.15, 0.2) is 0 Å². The van der Waals surface area contributed by atoms with E-state index in [1.54, 1.807) is 0 Å². The van der Waals surface area contributed by atoms with Crippen LogP contribution in [0, 0.1) is 0 Å². The zero-order valence-electron chi connectivity index (χ0n) is 43.0. The third-order valence-corrected chi connectivity index (χ3v) is 11.2. The molecule has 0 radical (unpaired) electrons. The molecule has 0 aliphatic carbocycles. The molecule has 0 saturated heterocycles. The molecule has 0 bridgehead atoms. The maximum Gasteiger partial charge on any atom is 0.306 e. The molecule has 0 aromatic carbocycles. The molecule has 0 rings (SSSR count). The van der Waals surface area contributed by atoms with Crippen molar-refractivity contribution >= 4 is 13.8 Å². The third-order valence-electron chi connectivity index (χ3n) is 10.2. The maximum absolute atomic E-state index is 12.7. The summed E-state index contributed by atoms with van der Waals surface area (Å²) in [6, 6.07) is 0. The molecular formula is C58H96NO7P. The quantitative estimate of drug-likeness (QED) is 0.0197. The van der Waals surface area contributed by atoms with Crippen molar-refractivity contribution in [3.05, 3.63) is 134 Å². The van der Waals surface area contributed by atoms with Crippen molar-refractivity contribution in [1.82, 2.24) is 0 Å². The molecule has 380 valence electrons. The van der Waals surface area contributed by atoms with Crippen molar-refractivity contribution in [1.29, 1.82) is 0 Å². The van der Waals surface area contributed by atoms with Crippen LogP contribution in [0.1, 0.15) is 168 Å². The number of carbonyl (C=O) groups excluding carboxylic acids is 1. The molecule has 0 spiro atoms. The number of phosphoric ester groups is 1. The summed E-state index contributed by atoms with van der Waals surface area (Å²) in [6.45, 7) is 5.07. The number of likely N-dealkylation sites (N-methyl/N-ethyl adjacent to an activating group) is 1. The number of esters is 1. The van der Waals surface area contributed by atoms with Crippen LogP contribution in [0.15, 0.2) is 134 Å². The lowest BCUT2D eigenvalue weighted by Gasteiger charge is -2.28. The Morgan fingerprint density at radius 3 is 1.22 bits per heavy atom. The zero-order valence-corrected chi connectivity index (χ0v) is 43.9. The fraction of sp³-hybridized carbons (Fsp3) is 0.603. The monoisotopic (exact) mass is 950 g/mol. The van der Waals surface area contributed by atoms with Crippen molar-refractivity contribution in [2.45, 2.75) is 174 Å². The van der Waals surface area contributed by atoms with Crippen molar-refractivity contribution in [2.24, 2.45) is 0 Å². The van der Waals surface area contributed by atoms with Gasteiger partial charge >= 0.3 is 5.97 Å². The van der Waals surface area contributed by atoms with Gasteiger partial charge in [-0.15, -0.1) is 0 Å². The number of nitrogens with zero attached hydrogens (tertiary/aromatic N) is 1. The van der Waals surface area contributed by atoms with Gasteiger partial charge in [-0.2, -0.15) is 0 Å². The summed E-state index contributed by atoms with van der Waals surface area (Å²) in [5, 5.41) is 0. The minimum Gasteiger partial charge on any atom is -0.756 e. The molecule has 2 atom stereocenters. The van der Waals surface area contributed by atoms with Crippen molar-refractivity contribution in [3.63, 3.8) is 0 Å². The fourth-order valence-corrected chi connectivity index (χ4v) is 7.01. The number of allylic oxidation sites excluding steroid dienone is 22. The van der Waals surface area contributed by atoms with Gasteiger partial charge in [-0.1, -0.05) is 186 Å². The van der Waals surface area contributed by atoms with E-state index in [0.29, 0.717) is 24.1 Å². The highest BCUT2D eigenvalue weighted by Crippen LogP contribution is 2.38. The SMILES string of the molecule is CC/C=C\C/C=C\C/C=C\C/C=C\C/C=C\C/C=C\CCCCC(=O)OC(COCCCCCCCCCC/C=C\C/C=C\C/C=C\C/C=C\C/C=C\CC)COP(=O)([O-])OCC[N+](C)(C)C. The molecule has 0 fully saturated rings. The number of phosphoric acid groups is 1. The molecule has 0 aliphatic rings. The Hall–Kier alpha value is -3.36. The van der Waals surface area contributed by atoms with E-state index in [0.717, 1.165) is 109 Å². The van der Waals surface area contributed by atoms with Crippen LogP contribution >= 0.6 is 7.82 Å². The van der Waals surface area contributed by atoms with E-state index >= 15 is 0 Å². The Balaban J connectivity index is 4.28. The number of rotatable bonds is 46. The predicted octanol–water partition coefficient (Wildman–Crippen LogP) is 15.6. The van der Waals surface area contributed by atoms with Crippen molar-refractivity contribution in [2.75, 3.05) is 54.1 Å². The molecule has 0 amide bonds. The maximum atomic E-state index is 12.7. The number of quaternary nitrogens is 1. The smallest absolute Gasteiger partial charge is 0.306 e. The number of unbranched alkanes of at least 4 members (excludes halogenated alkanes) is 10. The number of hydrogen-bond donors (Lipinski definition) is 0. The highest BCUT2D eigenvalue weighted by Gasteiger charge is 2.20. The zero-order chi connectivity index (χ0) is 49.0. The number of hydrogen-bond acceptors (Lipinski definition) is 7. The summed E-state index contributed by atoms with van der Waals surface area (Å²) in [4.78, 5) is 25.2. The standard InChI is InChI=1S/C58H96NO7P/c1-6-8-10-12-14-16-18-20-22-24-26-28-29-30-32-34-36-38-40-42-44-46-48-50-53-63-55-57(56-65-67(61,62)64-54-52-59(3,4)5)66-58(60)51-49-47-45-43-41-39-37-35-33-31-27-25-23-21-19-17-15-13-11-9-7-2/h8-11,14-17,20-23,26-28,30-32,35,37,41,43,57H,6-7,12-13,18-19,24-25,29,33-34,36,38-40,42,44-56H2,1-5H3/b10-8-,11-9-,16-14-,17-15-,22-20-,23-21-,28-26-,31-27-,32-30-,37-35-,43-41-. The lowest BCUT2D eigenvalue weighted by molar-refractivity contribution is -0.870. The van der Waals surface area contributed by atoms with E-state index in [4.69, 9.17) is 18.5 Å². The molecule has 0 aromatic heterocycles. The van der Waals surface area contributed by atoms with Gasteiger partial charge in [0.05, 0.1) is 34.4 Å². The number of carbonyl (C=O) groups is 1. The van der Waals surface area contributed by atoms with Gasteiger partial charge in [0.1, 0.15) is 19.3 Å². The summed E-state index contributed by atoms with van der Waals surface area (Å²) in [7, 11) is 1.30. The Labute approximate surface area is 411 Å². The first-order chi connectivity index (χ1) is 32.6. The van der Waals surface area contributed by atoms with Gasteiger partial charge in [-0.25, -0.2) is 0 Å². The van der Waals surface area contributed by atoms with Crippen LogP contribution < -0.4 is 4.89 Å². The molecule has 67 heavy (non-hydrogen) atoms. The second-order valence-corrected chi connectivity index (χ2v) is 19.2. The normalized spacial score (nSPS) is 14.7. The first-order valence-corrected chi connectivity index (χ1v) is 27.4. The van der Waals surface area contributed by atoms with Crippen LogP contribution in [-0.4, -0.2) is 70.7 Å². The highest BCUT2D eigenvalue weighted by molar-refractivity contribution is 7.45. The van der Waals surface area contributed by atoms with Gasteiger partial charge < -0.3 is 27.9 Å². The molecular weight excluding hydrogens is 854 g/mol. The van der Waals surface area contributed by atoms with E-state index < -0.39 is 13.9 Å². The topological polar surface area (TPSA) is 94.1 Å². The number of ether oxygens (including phenoxy) is 2. The van der Waals surface area contributed by atoms with Gasteiger partial charge in [-0.05, 0) is 109 Å². The average molecular weight is 950 g/mol. The van der Waals surface area contributed by atoms with Gasteiger partial charge in [0, 0.05) is 13.0 Å². The van der Waals surface area contributed by atoms with Crippen LogP contribution in [0.25, 0.3) is 0 Å². The van der Waals surface area contributed by atoms with E-state index in [-0.39, 0.29) is 32.2 Å². The summed E-state index contributed by atoms with van der Waals surface area (Å²) < 4.78 is 34.7.